The zero-order chi connectivity index (χ0) is 40.4. The molecule has 7 atom stereocenters. The molecule has 1 saturated heterocycles. The third kappa shape index (κ3) is 25.2. The van der Waals surface area contributed by atoms with Crippen LogP contribution in [0.1, 0.15) is 73.8 Å². The summed E-state index contributed by atoms with van der Waals surface area (Å²) in [6.07, 6.45) is 37.8. The number of carbonyl (C=O) groups excluding carboxylic acids is 3. The lowest BCUT2D eigenvalue weighted by Gasteiger charge is -2.27. The minimum Gasteiger partial charge on any atom is -0.327 e. The predicted molar refractivity (Wildman–Crippen MR) is 262 cm³/mol. The number of amides is 1. The number of aldehydes is 2. The fourth-order valence-electron chi connectivity index (χ4n) is 6.80. The van der Waals surface area contributed by atoms with Crippen molar-refractivity contribution in [2.45, 2.75) is 86.4 Å². The molecule has 10 heteroatoms. The first-order chi connectivity index (χ1) is 25.9. The van der Waals surface area contributed by atoms with Crippen LogP contribution in [0.2, 0.25) is 0 Å². The summed E-state index contributed by atoms with van der Waals surface area (Å²) in [5.74, 6) is 4.05. The van der Waals surface area contributed by atoms with E-state index < -0.39 is 0 Å². The molecule has 1 aromatic carbocycles. The van der Waals surface area contributed by atoms with Crippen LogP contribution in [0.25, 0.3) is 0 Å². The van der Waals surface area contributed by atoms with Crippen LogP contribution in [0, 0.1) is 48.0 Å². The van der Waals surface area contributed by atoms with Gasteiger partial charge in [0.25, 0.3) is 0 Å². The summed E-state index contributed by atoms with van der Waals surface area (Å²) in [5.41, 5.74) is 0.954. The molecule has 59 heavy (non-hydrogen) atoms. The van der Waals surface area contributed by atoms with Crippen molar-refractivity contribution in [3.63, 3.8) is 0 Å². The number of likely N-dealkylation sites (N-methyl/N-ethyl adjacent to an activating group) is 1. The molecule has 0 aromatic heterocycles. The Balaban J connectivity index is -0.000000202. The minimum atomic E-state index is -0.240. The smallest absolute Gasteiger partial charge is 0.241 e. The third-order valence-corrected chi connectivity index (χ3v) is 9.61. The molecule has 2 saturated carbocycles. The summed E-state index contributed by atoms with van der Waals surface area (Å²) >= 11 is 0. The minimum absolute atomic E-state index is 0. The topological polar surface area (TPSA) is 93.9 Å². The summed E-state index contributed by atoms with van der Waals surface area (Å²) < 4.78 is 1.94. The van der Waals surface area contributed by atoms with Gasteiger partial charge in [-0.25, -0.2) is 9.57 Å². The van der Waals surface area contributed by atoms with E-state index in [1.165, 1.54) is 30.9 Å². The SMILES string of the molecule is C.C.C.C#CN=C[C@@H]1CC2C=CC1C2.C1=CCC=C1.C=CC=O.C=CC=[N+](C)C.CN1C(=O)[C@H](Cc2ccccc2)NC1(C)C.CNC.Cl.Cl.O=C[C@@H]1CC2C=CC1C2. The van der Waals surface area contributed by atoms with Gasteiger partial charge in [0.15, 0.2) is 6.21 Å². The van der Waals surface area contributed by atoms with E-state index in [1.54, 1.807) is 11.0 Å². The molecule has 4 bridgehead atoms. The van der Waals surface area contributed by atoms with Crippen LogP contribution in [-0.4, -0.2) is 87.3 Å². The molecule has 332 valence electrons. The zero-order valence-corrected chi connectivity index (χ0v) is 36.3. The number of nitrogens with zero attached hydrogens (tertiary/aromatic N) is 3. The van der Waals surface area contributed by atoms with Crippen LogP contribution >= 0.6 is 24.8 Å². The first kappa shape index (κ1) is 64.0. The molecule has 1 aromatic rings. The highest BCUT2D eigenvalue weighted by atomic mass is 35.5. The number of hydrogen-bond donors (Lipinski definition) is 2. The Morgan fingerprint density at radius 3 is 1.66 bits per heavy atom. The number of halogens is 2. The number of rotatable bonds is 6. The number of terminal acetylenes is 1. The third-order valence-electron chi connectivity index (χ3n) is 9.61. The van der Waals surface area contributed by atoms with E-state index in [1.807, 2.05) is 84.3 Å². The fourth-order valence-corrected chi connectivity index (χ4v) is 6.80. The van der Waals surface area contributed by atoms with Gasteiger partial charge in [-0.05, 0) is 108 Å². The lowest BCUT2D eigenvalue weighted by Crippen LogP contribution is -2.45. The number of hydrogen-bond acceptors (Lipinski definition) is 6. The monoisotopic (exact) mass is 857 g/mol. The van der Waals surface area contributed by atoms with Crippen molar-refractivity contribution in [2.75, 3.05) is 35.2 Å². The van der Waals surface area contributed by atoms with Gasteiger partial charge in [-0.3, -0.25) is 14.9 Å². The molecule has 1 heterocycles. The van der Waals surface area contributed by atoms with Gasteiger partial charge in [-0.2, -0.15) is 0 Å². The summed E-state index contributed by atoms with van der Waals surface area (Å²) in [4.78, 5) is 37.0. The number of fused-ring (bicyclic) bond motifs is 4. The van der Waals surface area contributed by atoms with Crippen molar-refractivity contribution in [1.82, 2.24) is 15.5 Å². The summed E-state index contributed by atoms with van der Waals surface area (Å²) in [6.45, 7) is 10.7. The largest absolute Gasteiger partial charge is 0.327 e. The van der Waals surface area contributed by atoms with Crippen LogP contribution in [0.5, 0.6) is 0 Å². The van der Waals surface area contributed by atoms with Crippen molar-refractivity contribution in [1.29, 1.82) is 0 Å². The van der Waals surface area contributed by atoms with Crippen molar-refractivity contribution in [3.8, 4) is 12.5 Å². The van der Waals surface area contributed by atoms with E-state index in [2.05, 4.69) is 95.6 Å². The van der Waals surface area contributed by atoms with Gasteiger partial charge in [-0.15, -0.1) is 24.8 Å². The van der Waals surface area contributed by atoms with Crippen LogP contribution in [-0.2, 0) is 20.8 Å². The van der Waals surface area contributed by atoms with Crippen molar-refractivity contribution in [2.24, 2.45) is 40.5 Å². The van der Waals surface area contributed by atoms with E-state index in [4.69, 9.17) is 11.2 Å². The number of allylic oxidation sites excluding steroid dienone is 10. The van der Waals surface area contributed by atoms with Crippen molar-refractivity contribution >= 4 is 55.7 Å². The van der Waals surface area contributed by atoms with Crippen LogP contribution in [0.4, 0.5) is 0 Å². The molecule has 1 aliphatic heterocycles. The highest BCUT2D eigenvalue weighted by molar-refractivity contribution is 5.86. The maximum Gasteiger partial charge on any atom is 0.241 e. The maximum atomic E-state index is 12.0. The molecular formula is C49H80Cl2N5O3+. The van der Waals surface area contributed by atoms with Gasteiger partial charge in [0.05, 0.1) is 11.7 Å². The second kappa shape index (κ2) is 36.9. The van der Waals surface area contributed by atoms with E-state index >= 15 is 0 Å². The molecule has 7 rings (SSSR count). The quantitative estimate of drug-likeness (QED) is 0.0743. The normalized spacial score (nSPS) is 23.8. The molecule has 1 amide bonds. The fraction of sp³-hybridized carbons (Fsp3) is 0.490. The van der Waals surface area contributed by atoms with E-state index in [0.29, 0.717) is 24.0 Å². The highest BCUT2D eigenvalue weighted by Crippen LogP contribution is 2.43. The van der Waals surface area contributed by atoms with Gasteiger partial charge < -0.3 is 15.0 Å². The summed E-state index contributed by atoms with van der Waals surface area (Å²) in [6, 6.07) is 12.3. The number of aliphatic imine (C=N–C) groups is 1. The highest BCUT2D eigenvalue weighted by Gasteiger charge is 2.41. The Labute approximate surface area is 373 Å². The Kier molecular flexibility index (Phi) is 40.1. The molecule has 3 fully saturated rings. The number of nitrogens with one attached hydrogen (secondary N) is 2. The van der Waals surface area contributed by atoms with Gasteiger partial charge in [0.1, 0.15) is 26.7 Å². The van der Waals surface area contributed by atoms with Crippen LogP contribution in [0.3, 0.4) is 0 Å². The average molecular weight is 858 g/mol. The molecule has 8 nitrogen and oxygen atoms in total. The summed E-state index contributed by atoms with van der Waals surface area (Å²) in [7, 11) is 9.52. The summed E-state index contributed by atoms with van der Waals surface area (Å²) in [5, 5.41) is 6.10. The van der Waals surface area contributed by atoms with Gasteiger partial charge in [-0.1, -0.05) is 121 Å². The maximum absolute atomic E-state index is 12.0. The van der Waals surface area contributed by atoms with Crippen LogP contribution in [0.15, 0.2) is 109 Å². The number of carbonyl (C=O) groups is 3. The second-order valence-electron chi connectivity index (χ2n) is 14.6. The van der Waals surface area contributed by atoms with E-state index in [-0.39, 0.29) is 64.7 Å². The Morgan fingerprint density at radius 1 is 0.898 bits per heavy atom. The lowest BCUT2D eigenvalue weighted by molar-refractivity contribution is -0.458. The number of benzene rings is 1. The molecule has 0 radical (unpaired) electrons. The second-order valence-corrected chi connectivity index (χ2v) is 14.6. The van der Waals surface area contributed by atoms with Crippen LogP contribution < -0.4 is 10.6 Å². The van der Waals surface area contributed by atoms with Gasteiger partial charge in [0.2, 0.25) is 5.91 Å². The molecular weight excluding hydrogens is 777 g/mol. The van der Waals surface area contributed by atoms with Gasteiger partial charge >= 0.3 is 0 Å². The zero-order valence-electron chi connectivity index (χ0n) is 34.6. The lowest BCUT2D eigenvalue weighted by atomic mass is 9.95. The molecule has 2 N–H and O–H groups in total. The molecule has 6 aliphatic rings. The average Bonchev–Trinajstić information content (AvgIpc) is 4.04. The molecule has 4 unspecified atom stereocenters. The Morgan fingerprint density at radius 2 is 1.39 bits per heavy atom. The standard InChI is InChI=1S/C13H18N2O.C10H11N.C8H10O.C5H10N.C5H6.C3H4O.C2H7N.3CH4.2ClH/c1-13(2)14-11(12(16)15(13)3)9-10-7-5-4-6-8-10;1-2-11-7-10-6-8-3-4-9(10)5-8;9-5-8-4-6-1-2-7(8)3-6;1-4-5-6(2)3;1-2-4-5-3-1;1-2-3-4;1-3-2;;;;;/h4-8,11,14H,9H2,1-3H3;1,3-4,7-10H,5-6H2;1-2,5-8H,3-4H2;4-5H,1H2,2-3H3;1-4H,5H2;2-3H,1H2;3H,1-2H3;3*1H4;2*1H/q;;;+1;;;;;;;;/t11-;8?,9?,10-;6?,7?,8-;;;;;;;;;/m000........./s1. The van der Waals surface area contributed by atoms with E-state index in [0.717, 1.165) is 43.3 Å². The Hall–Kier alpha value is -4.13. The first-order valence-corrected chi connectivity index (χ1v) is 18.9. The van der Waals surface area contributed by atoms with Crippen molar-refractivity contribution in [3.05, 3.63) is 110 Å². The van der Waals surface area contributed by atoms with E-state index in [9.17, 15) is 9.59 Å². The molecule has 5 aliphatic carbocycles. The predicted octanol–water partition coefficient (Wildman–Crippen LogP) is 9.63. The van der Waals surface area contributed by atoms with Gasteiger partial charge in [0, 0.05) is 31.1 Å². The Bertz CT molecular complexity index is 1510. The van der Waals surface area contributed by atoms with Crippen molar-refractivity contribution < 1.29 is 19.0 Å². The molecule has 0 spiro atoms. The first-order valence-electron chi connectivity index (χ1n) is 18.9.